The number of nitrogens with zero attached hydrogens (tertiary/aromatic N) is 1. The molecule has 110 valence electrons. The summed E-state index contributed by atoms with van der Waals surface area (Å²) >= 11 is 0. The van der Waals surface area contributed by atoms with Crippen molar-refractivity contribution in [3.05, 3.63) is 0 Å². The van der Waals surface area contributed by atoms with Crippen LogP contribution >= 0.6 is 0 Å². The second kappa shape index (κ2) is 5.04. The Hall–Kier alpha value is -0.0800. The minimum absolute atomic E-state index is 0.469. The molecule has 1 atom stereocenters. The van der Waals surface area contributed by atoms with Gasteiger partial charge in [-0.1, -0.05) is 39.5 Å². The zero-order valence-electron chi connectivity index (χ0n) is 13.2. The van der Waals surface area contributed by atoms with E-state index in [2.05, 4.69) is 31.0 Å². The van der Waals surface area contributed by atoms with Crippen LogP contribution in [-0.2, 0) is 0 Å². The van der Waals surface area contributed by atoms with E-state index >= 15 is 0 Å². The minimum atomic E-state index is 0.469. The van der Waals surface area contributed by atoms with Gasteiger partial charge >= 0.3 is 0 Å². The van der Waals surface area contributed by atoms with Gasteiger partial charge in [-0.2, -0.15) is 0 Å². The van der Waals surface area contributed by atoms with Crippen LogP contribution in [0.4, 0.5) is 0 Å². The topological polar surface area (TPSA) is 15.3 Å². The second-order valence-corrected chi connectivity index (χ2v) is 8.01. The third kappa shape index (κ3) is 2.47. The average molecular weight is 264 g/mol. The summed E-state index contributed by atoms with van der Waals surface area (Å²) in [5, 5.41) is 3.95. The van der Waals surface area contributed by atoms with Gasteiger partial charge in [-0.3, -0.25) is 4.90 Å². The Morgan fingerprint density at radius 3 is 2.16 bits per heavy atom. The van der Waals surface area contributed by atoms with Crippen LogP contribution in [0.2, 0.25) is 0 Å². The van der Waals surface area contributed by atoms with Crippen LogP contribution in [0.5, 0.6) is 0 Å². The number of piperazine rings is 1. The maximum Gasteiger partial charge on any atom is 0.0309 e. The van der Waals surface area contributed by atoms with Gasteiger partial charge in [-0.15, -0.1) is 0 Å². The lowest BCUT2D eigenvalue weighted by molar-refractivity contribution is -0.0220. The van der Waals surface area contributed by atoms with E-state index in [1.165, 1.54) is 64.5 Å². The fourth-order valence-electron chi connectivity index (χ4n) is 4.93. The van der Waals surface area contributed by atoms with Gasteiger partial charge in [-0.05, 0) is 38.5 Å². The van der Waals surface area contributed by atoms with Gasteiger partial charge in [0.1, 0.15) is 0 Å². The van der Waals surface area contributed by atoms with Crippen molar-refractivity contribution < 1.29 is 0 Å². The lowest BCUT2D eigenvalue weighted by Gasteiger charge is -2.54. The molecule has 2 saturated carbocycles. The summed E-state index contributed by atoms with van der Waals surface area (Å²) < 4.78 is 0. The van der Waals surface area contributed by atoms with Crippen LogP contribution < -0.4 is 5.32 Å². The third-order valence-electron chi connectivity index (χ3n) is 6.26. The van der Waals surface area contributed by atoms with Crippen molar-refractivity contribution in [1.29, 1.82) is 0 Å². The molecule has 1 unspecified atom stereocenters. The van der Waals surface area contributed by atoms with E-state index in [-0.39, 0.29) is 0 Å². The molecule has 0 radical (unpaired) electrons. The Morgan fingerprint density at radius 2 is 1.58 bits per heavy atom. The van der Waals surface area contributed by atoms with Crippen LogP contribution in [0.3, 0.4) is 0 Å². The average Bonchev–Trinajstić information content (AvgIpc) is 3.00. The van der Waals surface area contributed by atoms with Crippen molar-refractivity contribution in [3.63, 3.8) is 0 Å². The first-order valence-corrected chi connectivity index (χ1v) is 8.57. The third-order valence-corrected chi connectivity index (χ3v) is 6.26. The first kappa shape index (κ1) is 13.9. The maximum atomic E-state index is 3.95. The second-order valence-electron chi connectivity index (χ2n) is 8.01. The molecule has 19 heavy (non-hydrogen) atoms. The van der Waals surface area contributed by atoms with Gasteiger partial charge in [0.05, 0.1) is 0 Å². The molecular weight excluding hydrogens is 232 g/mol. The predicted molar refractivity (Wildman–Crippen MR) is 81.4 cm³/mol. The van der Waals surface area contributed by atoms with Gasteiger partial charge in [0, 0.05) is 30.2 Å². The zero-order chi connectivity index (χ0) is 13.5. The number of nitrogens with one attached hydrogen (secondary N) is 1. The lowest BCUT2D eigenvalue weighted by Crippen LogP contribution is -2.68. The van der Waals surface area contributed by atoms with E-state index in [1.54, 1.807) is 0 Å². The van der Waals surface area contributed by atoms with Gasteiger partial charge in [0.2, 0.25) is 0 Å². The molecule has 0 bridgehead atoms. The highest BCUT2D eigenvalue weighted by Gasteiger charge is 2.48. The van der Waals surface area contributed by atoms with Crippen LogP contribution in [0.1, 0.15) is 72.1 Å². The SMILES string of the molecule is CC(C)C1CNC2(CCCC2)CN1C1(C)CCCC1. The van der Waals surface area contributed by atoms with E-state index in [4.69, 9.17) is 0 Å². The normalized spacial score (nSPS) is 34.4. The van der Waals surface area contributed by atoms with E-state index in [1.807, 2.05) is 0 Å². The lowest BCUT2D eigenvalue weighted by atomic mass is 9.83. The van der Waals surface area contributed by atoms with Crippen LogP contribution in [0.25, 0.3) is 0 Å². The highest BCUT2D eigenvalue weighted by atomic mass is 15.3. The zero-order valence-corrected chi connectivity index (χ0v) is 13.2. The molecule has 1 spiro atoms. The Labute approximate surface area is 119 Å². The quantitative estimate of drug-likeness (QED) is 0.820. The predicted octanol–water partition coefficient (Wildman–Crippen LogP) is 3.56. The highest BCUT2D eigenvalue weighted by molar-refractivity contribution is 5.06. The molecular formula is C17H32N2. The van der Waals surface area contributed by atoms with Gasteiger partial charge < -0.3 is 5.32 Å². The molecule has 0 aromatic rings. The first-order chi connectivity index (χ1) is 9.05. The summed E-state index contributed by atoms with van der Waals surface area (Å²) in [6.45, 7) is 9.89. The van der Waals surface area contributed by atoms with Crippen molar-refractivity contribution in [2.45, 2.75) is 89.3 Å². The summed E-state index contributed by atoms with van der Waals surface area (Å²) in [6, 6.07) is 0.745. The number of hydrogen-bond donors (Lipinski definition) is 1. The van der Waals surface area contributed by atoms with Crippen LogP contribution in [-0.4, -0.2) is 35.1 Å². The van der Waals surface area contributed by atoms with Gasteiger partial charge in [0.25, 0.3) is 0 Å². The van der Waals surface area contributed by atoms with Crippen molar-refractivity contribution in [1.82, 2.24) is 10.2 Å². The molecule has 0 aromatic carbocycles. The molecule has 1 saturated heterocycles. The first-order valence-electron chi connectivity index (χ1n) is 8.57. The van der Waals surface area contributed by atoms with Crippen molar-refractivity contribution >= 4 is 0 Å². The Bertz CT molecular complexity index is 311. The largest absolute Gasteiger partial charge is 0.308 e. The van der Waals surface area contributed by atoms with E-state index in [9.17, 15) is 0 Å². The fraction of sp³-hybridized carbons (Fsp3) is 1.00. The molecule has 1 aliphatic heterocycles. The maximum absolute atomic E-state index is 3.95. The molecule has 2 heteroatoms. The number of hydrogen-bond acceptors (Lipinski definition) is 2. The Balaban J connectivity index is 1.82. The molecule has 1 N–H and O–H groups in total. The van der Waals surface area contributed by atoms with Crippen molar-refractivity contribution in [3.8, 4) is 0 Å². The van der Waals surface area contributed by atoms with E-state index < -0.39 is 0 Å². The number of rotatable bonds is 2. The minimum Gasteiger partial charge on any atom is -0.308 e. The van der Waals surface area contributed by atoms with Crippen LogP contribution in [0, 0.1) is 5.92 Å². The molecule has 1 heterocycles. The monoisotopic (exact) mass is 264 g/mol. The smallest absolute Gasteiger partial charge is 0.0309 e. The van der Waals surface area contributed by atoms with Crippen molar-refractivity contribution in [2.75, 3.05) is 13.1 Å². The summed E-state index contributed by atoms with van der Waals surface area (Å²) in [6.07, 6.45) is 11.4. The van der Waals surface area contributed by atoms with Gasteiger partial charge in [0.15, 0.2) is 0 Å². The Morgan fingerprint density at radius 1 is 1.00 bits per heavy atom. The molecule has 3 fully saturated rings. The summed E-state index contributed by atoms with van der Waals surface area (Å²) in [5.74, 6) is 0.767. The van der Waals surface area contributed by atoms with Gasteiger partial charge in [-0.25, -0.2) is 0 Å². The molecule has 2 nitrogen and oxygen atoms in total. The van der Waals surface area contributed by atoms with E-state index in [0.717, 1.165) is 12.0 Å². The molecule has 0 aromatic heterocycles. The van der Waals surface area contributed by atoms with E-state index in [0.29, 0.717) is 11.1 Å². The fourth-order valence-corrected chi connectivity index (χ4v) is 4.93. The standard InChI is InChI=1S/C17H32N2/c1-14(2)15-12-18-17(10-6-7-11-17)13-19(15)16(3)8-4-5-9-16/h14-15,18H,4-13H2,1-3H3. The summed E-state index contributed by atoms with van der Waals surface area (Å²) in [4.78, 5) is 2.94. The highest BCUT2D eigenvalue weighted by Crippen LogP contribution is 2.42. The molecule has 0 amide bonds. The molecule has 2 aliphatic carbocycles. The molecule has 3 rings (SSSR count). The Kier molecular flexibility index (Phi) is 3.68. The van der Waals surface area contributed by atoms with Crippen LogP contribution in [0.15, 0.2) is 0 Å². The summed E-state index contributed by atoms with van der Waals surface area (Å²) in [7, 11) is 0. The van der Waals surface area contributed by atoms with Crippen molar-refractivity contribution in [2.24, 2.45) is 5.92 Å². The summed E-state index contributed by atoms with van der Waals surface area (Å²) in [5.41, 5.74) is 0.962. The molecule has 3 aliphatic rings.